The second-order valence-corrected chi connectivity index (χ2v) is 11.7. The number of allylic oxidation sites excluding steroid dienone is 1. The normalized spacial score (nSPS) is 51.5. The number of Topliss-reactive ketones (excluding diaryl/α,β-unsaturated/α-hetero) is 1. The van der Waals surface area contributed by atoms with E-state index in [9.17, 15) is 15.0 Å². The van der Waals surface area contributed by atoms with Gasteiger partial charge in [-0.25, -0.2) is 0 Å². The van der Waals surface area contributed by atoms with Gasteiger partial charge in [0.1, 0.15) is 5.78 Å². The Morgan fingerprint density at radius 1 is 1.28 bits per heavy atom. The number of rotatable bonds is 2. The maximum Gasteiger partial charge on any atom is 0.143 e. The Balaban J connectivity index is 1.68. The maximum atomic E-state index is 12.8. The zero-order valence-electron chi connectivity index (χ0n) is 18.9. The minimum atomic E-state index is -0.987. The lowest BCUT2D eigenvalue weighted by Crippen LogP contribution is -2.46. The van der Waals surface area contributed by atoms with Crippen LogP contribution in [0.4, 0.5) is 0 Å². The van der Waals surface area contributed by atoms with Crippen molar-refractivity contribution in [2.75, 3.05) is 0 Å². The molecule has 0 radical (unpaired) electrons. The molecule has 1 spiro atoms. The van der Waals surface area contributed by atoms with Crippen molar-refractivity contribution in [2.24, 2.45) is 35.0 Å². The summed E-state index contributed by atoms with van der Waals surface area (Å²) in [7, 11) is 0. The van der Waals surface area contributed by atoms with Gasteiger partial charge in [-0.15, -0.1) is 0 Å². The summed E-state index contributed by atoms with van der Waals surface area (Å²) in [5.41, 5.74) is -0.180. The van der Waals surface area contributed by atoms with E-state index < -0.39 is 5.60 Å². The first-order valence-electron chi connectivity index (χ1n) is 11.8. The first-order chi connectivity index (χ1) is 13.5. The van der Waals surface area contributed by atoms with E-state index in [0.717, 1.165) is 50.5 Å². The highest BCUT2D eigenvalue weighted by atomic mass is 16.5. The third-order valence-corrected chi connectivity index (χ3v) is 9.14. The van der Waals surface area contributed by atoms with Crippen LogP contribution in [0.15, 0.2) is 11.8 Å². The van der Waals surface area contributed by atoms with Crippen molar-refractivity contribution in [3.05, 3.63) is 11.8 Å². The Hall–Kier alpha value is -0.870. The molecule has 1 aliphatic heterocycles. The lowest BCUT2D eigenvalue weighted by Gasteiger charge is -2.46. The van der Waals surface area contributed by atoms with Gasteiger partial charge < -0.3 is 14.9 Å². The second-order valence-electron chi connectivity index (χ2n) is 11.7. The van der Waals surface area contributed by atoms with Crippen LogP contribution in [0.3, 0.4) is 0 Å². The lowest BCUT2D eigenvalue weighted by atomic mass is 9.61. The van der Waals surface area contributed by atoms with E-state index in [1.807, 2.05) is 6.92 Å². The largest absolute Gasteiger partial charge is 0.516 e. The standard InChI is InChI=1S/C25H40O4/c1-15(2)10-18-11-16(3)25(29-18)9-8-23(4)12-19-22(20(27)13-24(19,5)28)17(14-26)6-7-21(23)25/h14-16,18-19,21-22,26,28H,6-13H2,1-5H3/b17-14-/t16-,18+,19-,21+,22+,23+,24+,25-/m0/s1. The number of ether oxygens (including phenoxy) is 1. The van der Waals surface area contributed by atoms with Gasteiger partial charge >= 0.3 is 0 Å². The third-order valence-electron chi connectivity index (χ3n) is 9.14. The monoisotopic (exact) mass is 404 g/mol. The van der Waals surface area contributed by atoms with E-state index >= 15 is 0 Å². The molecule has 4 fully saturated rings. The summed E-state index contributed by atoms with van der Waals surface area (Å²) in [4.78, 5) is 12.8. The molecule has 0 bridgehead atoms. The predicted molar refractivity (Wildman–Crippen MR) is 113 cm³/mol. The van der Waals surface area contributed by atoms with Gasteiger partial charge in [-0.3, -0.25) is 4.79 Å². The molecular weight excluding hydrogens is 364 g/mol. The molecule has 3 saturated carbocycles. The van der Waals surface area contributed by atoms with Crippen molar-refractivity contribution in [1.29, 1.82) is 0 Å². The molecule has 0 aromatic rings. The lowest BCUT2D eigenvalue weighted by molar-refractivity contribution is -0.121. The SMILES string of the molecule is CC(C)C[C@@H]1C[C@H](C)[C@]2(CC[C@]3(C)C[C@H]4[C@H](C(=O)C[C@@]4(C)O)/C(=C\O)CC[C@H]32)O1. The van der Waals surface area contributed by atoms with Crippen LogP contribution < -0.4 is 0 Å². The number of hydrogen-bond acceptors (Lipinski definition) is 4. The van der Waals surface area contributed by atoms with E-state index in [0.29, 0.717) is 23.9 Å². The summed E-state index contributed by atoms with van der Waals surface area (Å²) in [5, 5.41) is 21.1. The molecule has 4 aliphatic rings. The van der Waals surface area contributed by atoms with Crippen LogP contribution in [0, 0.1) is 35.0 Å². The highest BCUT2D eigenvalue weighted by Gasteiger charge is 2.64. The zero-order chi connectivity index (χ0) is 21.2. The first kappa shape index (κ1) is 21.4. The van der Waals surface area contributed by atoms with Crippen molar-refractivity contribution >= 4 is 5.78 Å². The Kier molecular flexibility index (Phi) is 5.22. The molecule has 0 unspecified atom stereocenters. The number of ketones is 1. The first-order valence-corrected chi connectivity index (χ1v) is 11.8. The van der Waals surface area contributed by atoms with Crippen LogP contribution in [0.25, 0.3) is 0 Å². The summed E-state index contributed by atoms with van der Waals surface area (Å²) in [6.45, 7) is 11.1. The molecule has 0 aromatic heterocycles. The van der Waals surface area contributed by atoms with Crippen molar-refractivity contribution in [2.45, 2.75) is 103 Å². The van der Waals surface area contributed by atoms with Crippen LogP contribution in [0.2, 0.25) is 0 Å². The van der Waals surface area contributed by atoms with E-state index in [2.05, 4.69) is 27.7 Å². The van der Waals surface area contributed by atoms with Crippen LogP contribution in [0.5, 0.6) is 0 Å². The number of hydrogen-bond donors (Lipinski definition) is 2. The highest BCUT2D eigenvalue weighted by molar-refractivity contribution is 5.87. The van der Waals surface area contributed by atoms with Crippen molar-refractivity contribution < 1.29 is 19.7 Å². The van der Waals surface area contributed by atoms with E-state index in [1.165, 1.54) is 6.26 Å². The Labute approximate surface area is 176 Å². The fraction of sp³-hybridized carbons (Fsp3) is 0.880. The van der Waals surface area contributed by atoms with E-state index in [1.54, 1.807) is 0 Å². The van der Waals surface area contributed by atoms with Crippen molar-refractivity contribution in [1.82, 2.24) is 0 Å². The summed E-state index contributed by atoms with van der Waals surface area (Å²) in [6.07, 6.45) is 8.67. The third kappa shape index (κ3) is 3.29. The number of aliphatic hydroxyl groups excluding tert-OH is 1. The molecule has 29 heavy (non-hydrogen) atoms. The van der Waals surface area contributed by atoms with Gasteiger partial charge in [-0.2, -0.15) is 0 Å². The van der Waals surface area contributed by atoms with Gasteiger partial charge in [0.15, 0.2) is 0 Å². The maximum absolute atomic E-state index is 12.8. The Bertz CT molecular complexity index is 695. The summed E-state index contributed by atoms with van der Waals surface area (Å²) >= 11 is 0. The molecule has 1 heterocycles. The molecular formula is C25H40O4. The molecule has 164 valence electrons. The zero-order valence-corrected chi connectivity index (χ0v) is 18.9. The quantitative estimate of drug-likeness (QED) is 0.621. The number of aliphatic hydroxyl groups is 2. The van der Waals surface area contributed by atoms with E-state index in [4.69, 9.17) is 4.74 Å². The Morgan fingerprint density at radius 3 is 2.66 bits per heavy atom. The molecule has 3 aliphatic carbocycles. The smallest absolute Gasteiger partial charge is 0.143 e. The molecule has 2 N–H and O–H groups in total. The molecule has 4 nitrogen and oxygen atoms in total. The fourth-order valence-corrected chi connectivity index (χ4v) is 7.82. The van der Waals surface area contributed by atoms with Gasteiger partial charge in [0.2, 0.25) is 0 Å². The van der Waals surface area contributed by atoms with Gasteiger partial charge in [0.25, 0.3) is 0 Å². The topological polar surface area (TPSA) is 66.8 Å². The van der Waals surface area contributed by atoms with E-state index in [-0.39, 0.29) is 35.1 Å². The van der Waals surface area contributed by atoms with Gasteiger partial charge in [0.05, 0.1) is 23.6 Å². The molecule has 0 amide bonds. The molecule has 4 rings (SSSR count). The number of carbonyl (C=O) groups is 1. The van der Waals surface area contributed by atoms with Crippen LogP contribution >= 0.6 is 0 Å². The Morgan fingerprint density at radius 2 is 2.00 bits per heavy atom. The summed E-state index contributed by atoms with van der Waals surface area (Å²) < 4.78 is 6.91. The van der Waals surface area contributed by atoms with Gasteiger partial charge in [0, 0.05) is 18.3 Å². The highest BCUT2D eigenvalue weighted by Crippen LogP contribution is 2.65. The number of carbonyl (C=O) groups excluding carboxylic acids is 1. The molecule has 4 heteroatoms. The fourth-order valence-electron chi connectivity index (χ4n) is 7.82. The minimum Gasteiger partial charge on any atom is -0.516 e. The minimum absolute atomic E-state index is 0.0689. The van der Waals surface area contributed by atoms with Crippen LogP contribution in [0.1, 0.15) is 86.0 Å². The molecule has 0 aromatic carbocycles. The van der Waals surface area contributed by atoms with Crippen LogP contribution in [-0.4, -0.2) is 33.3 Å². The molecule has 1 saturated heterocycles. The second kappa shape index (κ2) is 7.09. The predicted octanol–water partition coefficient (Wildman–Crippen LogP) is 5.19. The molecule has 8 atom stereocenters. The number of fused-ring (bicyclic) bond motifs is 3. The average molecular weight is 405 g/mol. The summed E-state index contributed by atoms with van der Waals surface area (Å²) in [6, 6.07) is 0. The van der Waals surface area contributed by atoms with Crippen molar-refractivity contribution in [3.8, 4) is 0 Å². The van der Waals surface area contributed by atoms with Crippen molar-refractivity contribution in [3.63, 3.8) is 0 Å². The average Bonchev–Trinajstić information content (AvgIpc) is 3.12. The van der Waals surface area contributed by atoms with Crippen LogP contribution in [-0.2, 0) is 9.53 Å². The van der Waals surface area contributed by atoms with Gasteiger partial charge in [-0.05, 0) is 80.6 Å². The summed E-state index contributed by atoms with van der Waals surface area (Å²) in [5.74, 6) is 1.24. The van der Waals surface area contributed by atoms with Gasteiger partial charge in [-0.1, -0.05) is 27.7 Å².